The van der Waals surface area contributed by atoms with Crippen molar-refractivity contribution in [2.45, 2.75) is 33.1 Å². The Hall–Kier alpha value is -0.610. The fraction of sp³-hybridized carbons (Fsp3) is 0.917. The predicted molar refractivity (Wildman–Crippen MR) is 66.0 cm³/mol. The Morgan fingerprint density at radius 1 is 1.31 bits per heavy atom. The Balaban J connectivity index is 3.96. The van der Waals surface area contributed by atoms with Crippen molar-refractivity contribution >= 4 is 5.91 Å². The summed E-state index contributed by atoms with van der Waals surface area (Å²) in [7, 11) is 1.83. The van der Waals surface area contributed by atoms with Crippen LogP contribution in [0.15, 0.2) is 0 Å². The summed E-state index contributed by atoms with van der Waals surface area (Å²) in [5.41, 5.74) is 5.61. The van der Waals surface area contributed by atoms with Crippen molar-refractivity contribution in [1.82, 2.24) is 4.90 Å². The number of aliphatic hydroxyl groups excluding tert-OH is 1. The number of hydrogen-bond acceptors (Lipinski definition) is 3. The van der Waals surface area contributed by atoms with Crippen molar-refractivity contribution in [2.75, 3.05) is 26.7 Å². The largest absolute Gasteiger partial charge is 0.396 e. The van der Waals surface area contributed by atoms with Gasteiger partial charge >= 0.3 is 0 Å². The van der Waals surface area contributed by atoms with Crippen LogP contribution in [0.4, 0.5) is 0 Å². The Morgan fingerprint density at radius 2 is 1.94 bits per heavy atom. The highest BCUT2D eigenvalue weighted by molar-refractivity contribution is 5.79. The average Bonchev–Trinajstić information content (AvgIpc) is 2.24. The molecule has 4 nitrogen and oxygen atoms in total. The van der Waals surface area contributed by atoms with Gasteiger partial charge in [0.25, 0.3) is 0 Å². The predicted octanol–water partition coefficient (Wildman–Crippen LogP) is 0.838. The number of aliphatic hydroxyl groups is 1. The van der Waals surface area contributed by atoms with Gasteiger partial charge in [-0.05, 0) is 25.2 Å². The van der Waals surface area contributed by atoms with Gasteiger partial charge in [-0.15, -0.1) is 0 Å². The molecule has 0 aromatic heterocycles. The van der Waals surface area contributed by atoms with Crippen LogP contribution in [0, 0.1) is 11.8 Å². The van der Waals surface area contributed by atoms with E-state index in [1.807, 2.05) is 20.9 Å². The lowest BCUT2D eigenvalue weighted by Gasteiger charge is -2.25. The SMILES string of the molecule is CC(C)C(CN)C(=O)N(C)CCCCCO. The van der Waals surface area contributed by atoms with Gasteiger partial charge in [-0.25, -0.2) is 0 Å². The third-order valence-corrected chi connectivity index (χ3v) is 2.90. The molecule has 0 aromatic carbocycles. The molecule has 0 aliphatic rings. The summed E-state index contributed by atoms with van der Waals surface area (Å²) < 4.78 is 0. The van der Waals surface area contributed by atoms with Crippen LogP contribution in [0.1, 0.15) is 33.1 Å². The van der Waals surface area contributed by atoms with E-state index in [0.717, 1.165) is 25.8 Å². The highest BCUT2D eigenvalue weighted by atomic mass is 16.2. The number of nitrogens with zero attached hydrogens (tertiary/aromatic N) is 1. The summed E-state index contributed by atoms with van der Waals surface area (Å²) in [6, 6.07) is 0. The van der Waals surface area contributed by atoms with Crippen molar-refractivity contribution in [2.24, 2.45) is 17.6 Å². The highest BCUT2D eigenvalue weighted by Crippen LogP contribution is 2.12. The number of unbranched alkanes of at least 4 members (excludes halogenated alkanes) is 2. The molecular weight excluding hydrogens is 204 g/mol. The molecule has 1 unspecified atom stereocenters. The van der Waals surface area contributed by atoms with E-state index in [4.69, 9.17) is 10.8 Å². The van der Waals surface area contributed by atoms with Gasteiger partial charge in [0.05, 0.1) is 5.92 Å². The molecule has 0 aliphatic heterocycles. The molecule has 0 aliphatic carbocycles. The monoisotopic (exact) mass is 230 g/mol. The first-order chi connectivity index (χ1) is 7.54. The average molecular weight is 230 g/mol. The Morgan fingerprint density at radius 3 is 2.38 bits per heavy atom. The molecule has 1 atom stereocenters. The smallest absolute Gasteiger partial charge is 0.226 e. The molecule has 0 fully saturated rings. The van der Waals surface area contributed by atoms with Crippen molar-refractivity contribution in [3.8, 4) is 0 Å². The number of carbonyl (C=O) groups excluding carboxylic acids is 1. The van der Waals surface area contributed by atoms with Crippen molar-refractivity contribution in [3.63, 3.8) is 0 Å². The van der Waals surface area contributed by atoms with Gasteiger partial charge in [0, 0.05) is 26.7 Å². The molecule has 0 saturated heterocycles. The van der Waals surface area contributed by atoms with Crippen molar-refractivity contribution < 1.29 is 9.90 Å². The summed E-state index contributed by atoms with van der Waals surface area (Å²) in [5.74, 6) is 0.363. The zero-order chi connectivity index (χ0) is 12.6. The second-order valence-electron chi connectivity index (χ2n) is 4.63. The molecule has 96 valence electrons. The van der Waals surface area contributed by atoms with E-state index in [2.05, 4.69) is 0 Å². The number of nitrogens with two attached hydrogens (primary N) is 1. The van der Waals surface area contributed by atoms with E-state index in [9.17, 15) is 4.79 Å². The van der Waals surface area contributed by atoms with Gasteiger partial charge in [-0.1, -0.05) is 13.8 Å². The van der Waals surface area contributed by atoms with Crippen LogP contribution in [0.3, 0.4) is 0 Å². The fourth-order valence-electron chi connectivity index (χ4n) is 1.69. The second kappa shape index (κ2) is 8.53. The normalized spacial score (nSPS) is 12.9. The van der Waals surface area contributed by atoms with Crippen LogP contribution in [-0.2, 0) is 4.79 Å². The lowest BCUT2D eigenvalue weighted by molar-refractivity contribution is -0.135. The molecule has 0 rings (SSSR count). The van der Waals surface area contributed by atoms with E-state index in [-0.39, 0.29) is 24.3 Å². The van der Waals surface area contributed by atoms with Crippen LogP contribution in [0.5, 0.6) is 0 Å². The molecule has 0 saturated carbocycles. The summed E-state index contributed by atoms with van der Waals surface area (Å²) in [4.78, 5) is 13.7. The van der Waals surface area contributed by atoms with Crippen LogP contribution in [0.2, 0.25) is 0 Å². The maximum atomic E-state index is 12.0. The second-order valence-corrected chi connectivity index (χ2v) is 4.63. The minimum Gasteiger partial charge on any atom is -0.396 e. The van der Waals surface area contributed by atoms with Gasteiger partial charge in [0.1, 0.15) is 0 Å². The van der Waals surface area contributed by atoms with E-state index < -0.39 is 0 Å². The van der Waals surface area contributed by atoms with Crippen LogP contribution < -0.4 is 5.73 Å². The molecule has 0 bridgehead atoms. The Kier molecular flexibility index (Phi) is 8.21. The minimum atomic E-state index is -0.0668. The van der Waals surface area contributed by atoms with Gasteiger partial charge in [-0.3, -0.25) is 4.79 Å². The third-order valence-electron chi connectivity index (χ3n) is 2.90. The quantitative estimate of drug-likeness (QED) is 0.607. The first-order valence-corrected chi connectivity index (χ1v) is 6.10. The molecule has 0 aromatic rings. The fourth-order valence-corrected chi connectivity index (χ4v) is 1.69. The lowest BCUT2D eigenvalue weighted by atomic mass is 9.94. The van der Waals surface area contributed by atoms with E-state index in [1.54, 1.807) is 4.90 Å². The number of hydrogen-bond donors (Lipinski definition) is 2. The van der Waals surface area contributed by atoms with E-state index in [1.165, 1.54) is 0 Å². The Labute approximate surface area is 98.8 Å². The maximum absolute atomic E-state index is 12.0. The lowest BCUT2D eigenvalue weighted by Crippen LogP contribution is -2.39. The van der Waals surface area contributed by atoms with E-state index in [0.29, 0.717) is 6.54 Å². The van der Waals surface area contributed by atoms with Crippen LogP contribution in [-0.4, -0.2) is 42.7 Å². The van der Waals surface area contributed by atoms with Crippen LogP contribution in [0.25, 0.3) is 0 Å². The number of amides is 1. The van der Waals surface area contributed by atoms with Crippen molar-refractivity contribution in [1.29, 1.82) is 0 Å². The van der Waals surface area contributed by atoms with Gasteiger partial charge < -0.3 is 15.7 Å². The first-order valence-electron chi connectivity index (χ1n) is 6.10. The first kappa shape index (κ1) is 15.4. The zero-order valence-electron chi connectivity index (χ0n) is 10.8. The van der Waals surface area contributed by atoms with Gasteiger partial charge in [0.2, 0.25) is 5.91 Å². The zero-order valence-corrected chi connectivity index (χ0v) is 10.8. The molecular formula is C12H26N2O2. The van der Waals surface area contributed by atoms with Gasteiger partial charge in [0.15, 0.2) is 0 Å². The third kappa shape index (κ3) is 5.47. The topological polar surface area (TPSA) is 66.6 Å². The summed E-state index contributed by atoms with van der Waals surface area (Å²) in [5, 5.41) is 8.64. The maximum Gasteiger partial charge on any atom is 0.226 e. The van der Waals surface area contributed by atoms with Crippen LogP contribution >= 0.6 is 0 Å². The molecule has 0 heterocycles. The van der Waals surface area contributed by atoms with Gasteiger partial charge in [-0.2, -0.15) is 0 Å². The molecule has 16 heavy (non-hydrogen) atoms. The molecule has 4 heteroatoms. The summed E-state index contributed by atoms with van der Waals surface area (Å²) in [6.07, 6.45) is 2.72. The molecule has 0 radical (unpaired) electrons. The van der Waals surface area contributed by atoms with Crippen molar-refractivity contribution in [3.05, 3.63) is 0 Å². The molecule has 3 N–H and O–H groups in total. The minimum absolute atomic E-state index is 0.0668. The van der Waals surface area contributed by atoms with E-state index >= 15 is 0 Å². The molecule has 0 spiro atoms. The summed E-state index contributed by atoms with van der Waals surface area (Å²) in [6.45, 7) is 5.44. The Bertz CT molecular complexity index is 195. The number of rotatable bonds is 8. The standard InChI is InChI=1S/C12H26N2O2/c1-10(2)11(9-13)12(16)14(3)7-5-4-6-8-15/h10-11,15H,4-9,13H2,1-3H3. The highest BCUT2D eigenvalue weighted by Gasteiger charge is 2.23. The number of carbonyl (C=O) groups is 1. The molecule has 1 amide bonds. The summed E-state index contributed by atoms with van der Waals surface area (Å²) >= 11 is 0.